The Morgan fingerprint density at radius 1 is 1.00 bits per heavy atom. The van der Waals surface area contributed by atoms with Gasteiger partial charge in [-0.1, -0.05) is 48.5 Å². The van der Waals surface area contributed by atoms with E-state index in [1.165, 1.54) is 12.3 Å². The van der Waals surface area contributed by atoms with E-state index >= 15 is 0 Å². The molecule has 0 saturated heterocycles. The maximum atomic E-state index is 11.5. The molecular weight excluding hydrogens is 238 g/mol. The van der Waals surface area contributed by atoms with Crippen molar-refractivity contribution in [2.24, 2.45) is 0 Å². The second-order valence-electron chi connectivity index (χ2n) is 3.94. The van der Waals surface area contributed by atoms with Gasteiger partial charge < -0.3 is 10.1 Å². The van der Waals surface area contributed by atoms with Gasteiger partial charge in [-0.25, -0.2) is 0 Å². The Morgan fingerprint density at radius 3 is 2.32 bits per heavy atom. The fraction of sp³-hybridized carbons (Fsp3) is 0.0625. The molecule has 2 aromatic carbocycles. The highest BCUT2D eigenvalue weighted by atomic mass is 16.5. The zero-order valence-corrected chi connectivity index (χ0v) is 10.5. The largest absolute Gasteiger partial charge is 0.465 e. The molecule has 0 heterocycles. The highest BCUT2D eigenvalue weighted by molar-refractivity contribution is 5.87. The second kappa shape index (κ2) is 7.01. The number of hydrogen-bond donors (Lipinski definition) is 1. The minimum absolute atomic E-state index is 0.181. The van der Waals surface area contributed by atoms with Crippen molar-refractivity contribution < 1.29 is 9.53 Å². The van der Waals surface area contributed by atoms with Gasteiger partial charge >= 0.3 is 0 Å². The SMILES string of the molecule is O=C(/C=C\Oc1ccccc1)NCc1ccccc1. The van der Waals surface area contributed by atoms with E-state index in [4.69, 9.17) is 4.74 Å². The van der Waals surface area contributed by atoms with E-state index in [1.54, 1.807) is 0 Å². The van der Waals surface area contributed by atoms with Gasteiger partial charge in [-0.05, 0) is 17.7 Å². The number of hydrogen-bond acceptors (Lipinski definition) is 2. The van der Waals surface area contributed by atoms with Crippen LogP contribution in [0.4, 0.5) is 0 Å². The monoisotopic (exact) mass is 253 g/mol. The lowest BCUT2D eigenvalue weighted by Crippen LogP contribution is -2.20. The van der Waals surface area contributed by atoms with Crippen LogP contribution in [-0.4, -0.2) is 5.91 Å². The average molecular weight is 253 g/mol. The summed E-state index contributed by atoms with van der Waals surface area (Å²) in [5.74, 6) is 0.523. The van der Waals surface area contributed by atoms with Gasteiger partial charge in [-0.2, -0.15) is 0 Å². The number of rotatable bonds is 5. The van der Waals surface area contributed by atoms with Gasteiger partial charge in [0.05, 0.1) is 6.26 Å². The van der Waals surface area contributed by atoms with Crippen LogP contribution in [0.5, 0.6) is 5.75 Å². The first-order chi connectivity index (χ1) is 9.34. The number of benzene rings is 2. The summed E-state index contributed by atoms with van der Waals surface area (Å²) in [5.41, 5.74) is 1.06. The fourth-order valence-corrected chi connectivity index (χ4v) is 1.52. The molecule has 0 bridgehead atoms. The van der Waals surface area contributed by atoms with Crippen LogP contribution in [0.3, 0.4) is 0 Å². The zero-order chi connectivity index (χ0) is 13.3. The van der Waals surface area contributed by atoms with Gasteiger partial charge in [0.2, 0.25) is 5.91 Å². The van der Waals surface area contributed by atoms with Gasteiger partial charge in [-0.15, -0.1) is 0 Å². The predicted molar refractivity (Wildman–Crippen MR) is 74.5 cm³/mol. The molecule has 2 aromatic rings. The summed E-state index contributed by atoms with van der Waals surface area (Å²) >= 11 is 0. The smallest absolute Gasteiger partial charge is 0.247 e. The highest BCUT2D eigenvalue weighted by Gasteiger charge is 1.96. The Bertz CT molecular complexity index is 535. The zero-order valence-electron chi connectivity index (χ0n) is 10.5. The van der Waals surface area contributed by atoms with E-state index in [0.717, 1.165) is 5.56 Å². The van der Waals surface area contributed by atoms with E-state index in [1.807, 2.05) is 60.7 Å². The predicted octanol–water partition coefficient (Wildman–Crippen LogP) is 2.90. The van der Waals surface area contributed by atoms with Crippen molar-refractivity contribution in [1.29, 1.82) is 0 Å². The van der Waals surface area contributed by atoms with Crippen LogP contribution < -0.4 is 10.1 Å². The van der Waals surface area contributed by atoms with Crippen LogP contribution in [0.1, 0.15) is 5.56 Å². The van der Waals surface area contributed by atoms with Gasteiger partial charge in [0.25, 0.3) is 0 Å². The quantitative estimate of drug-likeness (QED) is 0.657. The topological polar surface area (TPSA) is 38.3 Å². The lowest BCUT2D eigenvalue weighted by molar-refractivity contribution is -0.116. The molecule has 0 atom stereocenters. The third-order valence-electron chi connectivity index (χ3n) is 2.48. The van der Waals surface area contributed by atoms with Gasteiger partial charge in [0.1, 0.15) is 5.75 Å². The molecule has 0 radical (unpaired) electrons. The van der Waals surface area contributed by atoms with Crippen molar-refractivity contribution in [2.75, 3.05) is 0 Å². The Hall–Kier alpha value is -2.55. The molecule has 0 spiro atoms. The van der Waals surface area contributed by atoms with E-state index in [0.29, 0.717) is 12.3 Å². The molecule has 19 heavy (non-hydrogen) atoms. The summed E-state index contributed by atoms with van der Waals surface area (Å²) < 4.78 is 5.29. The molecule has 0 unspecified atom stereocenters. The molecule has 1 amide bonds. The summed E-state index contributed by atoms with van der Waals surface area (Å²) in [4.78, 5) is 11.5. The van der Waals surface area contributed by atoms with Crippen molar-refractivity contribution in [2.45, 2.75) is 6.54 Å². The van der Waals surface area contributed by atoms with Crippen molar-refractivity contribution in [1.82, 2.24) is 5.32 Å². The number of amides is 1. The van der Waals surface area contributed by atoms with Crippen LogP contribution in [0, 0.1) is 0 Å². The lowest BCUT2D eigenvalue weighted by Gasteiger charge is -2.02. The standard InChI is InChI=1S/C16H15NO2/c18-16(17-13-14-7-3-1-4-8-14)11-12-19-15-9-5-2-6-10-15/h1-12H,13H2,(H,17,18)/b12-11-. The summed E-state index contributed by atoms with van der Waals surface area (Å²) in [6, 6.07) is 19.1. The fourth-order valence-electron chi connectivity index (χ4n) is 1.52. The number of carbonyl (C=O) groups is 1. The molecule has 2 rings (SSSR count). The third kappa shape index (κ3) is 4.68. The number of nitrogens with one attached hydrogen (secondary N) is 1. The van der Waals surface area contributed by atoms with Crippen LogP contribution >= 0.6 is 0 Å². The Labute approximate surface area is 112 Å². The highest BCUT2D eigenvalue weighted by Crippen LogP contribution is 2.08. The Balaban J connectivity index is 1.75. The minimum atomic E-state index is -0.181. The molecule has 0 aliphatic rings. The van der Waals surface area contributed by atoms with Gasteiger partial charge in [-0.3, -0.25) is 4.79 Å². The molecule has 1 N–H and O–H groups in total. The summed E-state index contributed by atoms with van der Waals surface area (Å²) in [6.07, 6.45) is 2.76. The lowest BCUT2D eigenvalue weighted by atomic mass is 10.2. The normalized spacial score (nSPS) is 10.3. The Kier molecular flexibility index (Phi) is 4.76. The number of para-hydroxylation sites is 1. The maximum Gasteiger partial charge on any atom is 0.247 e. The van der Waals surface area contributed by atoms with Crippen molar-refractivity contribution in [3.63, 3.8) is 0 Å². The molecule has 0 fully saturated rings. The first-order valence-electron chi connectivity index (χ1n) is 6.04. The summed E-state index contributed by atoms with van der Waals surface area (Å²) in [7, 11) is 0. The first-order valence-corrected chi connectivity index (χ1v) is 6.04. The van der Waals surface area contributed by atoms with Crippen LogP contribution in [0.25, 0.3) is 0 Å². The van der Waals surface area contributed by atoms with Gasteiger partial charge in [0, 0.05) is 12.6 Å². The molecule has 3 nitrogen and oxygen atoms in total. The van der Waals surface area contributed by atoms with E-state index < -0.39 is 0 Å². The maximum absolute atomic E-state index is 11.5. The van der Waals surface area contributed by atoms with Crippen molar-refractivity contribution >= 4 is 5.91 Å². The van der Waals surface area contributed by atoms with E-state index in [9.17, 15) is 4.79 Å². The molecule has 0 saturated carbocycles. The van der Waals surface area contributed by atoms with Crippen molar-refractivity contribution in [3.8, 4) is 5.75 Å². The minimum Gasteiger partial charge on any atom is -0.465 e. The van der Waals surface area contributed by atoms with Crippen LogP contribution in [0.15, 0.2) is 73.0 Å². The van der Waals surface area contributed by atoms with E-state index in [-0.39, 0.29) is 5.91 Å². The van der Waals surface area contributed by atoms with Gasteiger partial charge in [0.15, 0.2) is 0 Å². The Morgan fingerprint density at radius 2 is 1.63 bits per heavy atom. The molecule has 0 aliphatic carbocycles. The van der Waals surface area contributed by atoms with Crippen LogP contribution in [0.2, 0.25) is 0 Å². The van der Waals surface area contributed by atoms with Crippen molar-refractivity contribution in [3.05, 3.63) is 78.6 Å². The molecule has 0 aromatic heterocycles. The number of ether oxygens (including phenoxy) is 1. The average Bonchev–Trinajstić information content (AvgIpc) is 2.47. The first kappa shape index (κ1) is 12.9. The number of carbonyl (C=O) groups excluding carboxylic acids is 1. The summed E-state index contributed by atoms with van der Waals surface area (Å²) in [6.45, 7) is 0.509. The molecule has 96 valence electrons. The summed E-state index contributed by atoms with van der Waals surface area (Å²) in [5, 5.41) is 2.78. The second-order valence-corrected chi connectivity index (χ2v) is 3.94. The molecule has 3 heteroatoms. The van der Waals surface area contributed by atoms with E-state index in [2.05, 4.69) is 5.32 Å². The molecular formula is C16H15NO2. The van der Waals surface area contributed by atoms with Crippen LogP contribution in [-0.2, 0) is 11.3 Å². The molecule has 0 aliphatic heterocycles. The third-order valence-corrected chi connectivity index (χ3v) is 2.48.